The van der Waals surface area contributed by atoms with Crippen LogP contribution in [0.2, 0.25) is 0 Å². The molecule has 0 unspecified atom stereocenters. The van der Waals surface area contributed by atoms with Gasteiger partial charge in [-0.1, -0.05) is 63.9 Å². The summed E-state index contributed by atoms with van der Waals surface area (Å²) < 4.78 is 2.29. The number of Topliss-reactive ketones (excluding diaryl/α,β-unsaturated/α-hetero) is 1. The number of carbonyl (C=O) groups is 1. The zero-order valence-corrected chi connectivity index (χ0v) is 19.2. The molecule has 0 fully saturated rings. The number of anilines is 1. The first-order chi connectivity index (χ1) is 11.6. The Morgan fingerprint density at radius 1 is 0.960 bits per heavy atom. The number of hydrogen-bond donors (Lipinski definition) is 1. The molecule has 2 nitrogen and oxygen atoms in total. The minimum absolute atomic E-state index is 0.167. The molecule has 0 atom stereocenters. The number of hydrogen-bond acceptors (Lipinski definition) is 2. The fourth-order valence-electron chi connectivity index (χ4n) is 1.94. The molecule has 0 saturated heterocycles. The van der Waals surface area contributed by atoms with Gasteiger partial charge < -0.3 is 10.5 Å². The Bertz CT molecular complexity index is 657. The fraction of sp³-hybridized carbons (Fsp3) is 0.381. The number of benzene rings is 2. The van der Waals surface area contributed by atoms with Gasteiger partial charge in [0.05, 0.1) is 0 Å². The number of nitrogen functional groups attached to an aromatic ring is 1. The van der Waals surface area contributed by atoms with E-state index in [9.17, 15) is 4.79 Å². The zero-order valence-electron chi connectivity index (χ0n) is 16.0. The van der Waals surface area contributed by atoms with Gasteiger partial charge in [-0.05, 0) is 74.9 Å². The van der Waals surface area contributed by atoms with Gasteiger partial charge in [0, 0.05) is 14.6 Å². The maximum atomic E-state index is 9.44. The molecule has 0 spiro atoms. The molecule has 0 aliphatic rings. The van der Waals surface area contributed by atoms with E-state index in [1.807, 2.05) is 25.1 Å². The van der Waals surface area contributed by atoms with E-state index in [4.69, 9.17) is 5.73 Å². The van der Waals surface area contributed by atoms with Crippen LogP contribution in [0, 0.1) is 19.8 Å². The van der Waals surface area contributed by atoms with Crippen molar-refractivity contribution in [1.82, 2.24) is 0 Å². The molecular formula is C21H29Br2NO. The van der Waals surface area contributed by atoms with Crippen molar-refractivity contribution in [1.29, 1.82) is 0 Å². The highest BCUT2D eigenvalue weighted by Crippen LogP contribution is 2.21. The zero-order chi connectivity index (χ0) is 19.6. The Hall–Kier alpha value is -1.13. The van der Waals surface area contributed by atoms with Gasteiger partial charge in [-0.25, -0.2) is 0 Å². The summed E-state index contributed by atoms with van der Waals surface area (Å²) in [5.41, 5.74) is 10.4. The molecule has 0 amide bonds. The van der Waals surface area contributed by atoms with Crippen molar-refractivity contribution in [2.24, 2.45) is 5.92 Å². The van der Waals surface area contributed by atoms with Crippen LogP contribution in [0.15, 0.2) is 45.3 Å². The summed E-state index contributed by atoms with van der Waals surface area (Å²) in [7, 11) is 0. The van der Waals surface area contributed by atoms with Crippen LogP contribution in [-0.2, 0) is 11.2 Å². The Labute approximate surface area is 169 Å². The highest BCUT2D eigenvalue weighted by Gasteiger charge is 2.03. The van der Waals surface area contributed by atoms with Gasteiger partial charge in [0.1, 0.15) is 5.78 Å². The van der Waals surface area contributed by atoms with Crippen LogP contribution in [0.5, 0.6) is 0 Å². The van der Waals surface area contributed by atoms with Crippen molar-refractivity contribution in [3.63, 3.8) is 0 Å². The van der Waals surface area contributed by atoms with Crippen molar-refractivity contribution < 1.29 is 4.79 Å². The van der Waals surface area contributed by atoms with Crippen molar-refractivity contribution in [2.45, 2.75) is 48.0 Å². The SMILES string of the molecule is CC(C)=O.Cc1c(Br)cccc1CC(C)C.Cc1c(N)cccc1Br. The second kappa shape index (κ2) is 12.3. The normalized spacial score (nSPS) is 9.64. The molecule has 4 heteroatoms. The molecule has 0 radical (unpaired) electrons. The Morgan fingerprint density at radius 2 is 1.40 bits per heavy atom. The topological polar surface area (TPSA) is 43.1 Å². The van der Waals surface area contributed by atoms with Crippen molar-refractivity contribution >= 4 is 43.3 Å². The molecule has 2 aromatic rings. The summed E-state index contributed by atoms with van der Waals surface area (Å²) in [4.78, 5) is 9.44. The van der Waals surface area contributed by atoms with Crippen LogP contribution in [0.4, 0.5) is 5.69 Å². The average Bonchev–Trinajstić information content (AvgIpc) is 2.49. The Morgan fingerprint density at radius 3 is 1.80 bits per heavy atom. The molecule has 2 rings (SSSR count). The summed E-state index contributed by atoms with van der Waals surface area (Å²) in [6, 6.07) is 12.2. The third kappa shape index (κ3) is 10.5. The number of halogens is 2. The van der Waals surface area contributed by atoms with Crippen LogP contribution in [0.3, 0.4) is 0 Å². The molecule has 0 aliphatic heterocycles. The highest BCUT2D eigenvalue weighted by atomic mass is 79.9. The molecule has 25 heavy (non-hydrogen) atoms. The number of nitrogens with two attached hydrogens (primary N) is 1. The average molecular weight is 471 g/mol. The monoisotopic (exact) mass is 469 g/mol. The molecular weight excluding hydrogens is 442 g/mol. The Kier molecular flexibility index (Phi) is 11.7. The maximum absolute atomic E-state index is 9.44. The Balaban J connectivity index is 0.000000391. The lowest BCUT2D eigenvalue weighted by Crippen LogP contribution is -1.96. The van der Waals surface area contributed by atoms with E-state index in [2.05, 4.69) is 70.8 Å². The lowest BCUT2D eigenvalue weighted by atomic mass is 9.99. The lowest BCUT2D eigenvalue weighted by molar-refractivity contribution is -0.114. The van der Waals surface area contributed by atoms with E-state index in [1.165, 1.54) is 35.9 Å². The largest absolute Gasteiger partial charge is 0.398 e. The summed E-state index contributed by atoms with van der Waals surface area (Å²) in [6.45, 7) is 11.7. The van der Waals surface area contributed by atoms with Gasteiger partial charge in [0.15, 0.2) is 0 Å². The van der Waals surface area contributed by atoms with Gasteiger partial charge in [-0.3, -0.25) is 0 Å². The third-order valence-corrected chi connectivity index (χ3v) is 5.04. The first kappa shape index (κ1) is 23.9. The molecule has 0 aromatic heterocycles. The van der Waals surface area contributed by atoms with E-state index in [-0.39, 0.29) is 5.78 Å². The molecule has 0 aliphatic carbocycles. The van der Waals surface area contributed by atoms with Gasteiger partial charge in [0.25, 0.3) is 0 Å². The smallest absolute Gasteiger partial charge is 0.126 e. The molecule has 138 valence electrons. The summed E-state index contributed by atoms with van der Waals surface area (Å²) >= 11 is 6.90. The summed E-state index contributed by atoms with van der Waals surface area (Å²) in [6.07, 6.45) is 1.17. The lowest BCUT2D eigenvalue weighted by Gasteiger charge is -2.09. The highest BCUT2D eigenvalue weighted by molar-refractivity contribution is 9.10. The minimum Gasteiger partial charge on any atom is -0.398 e. The summed E-state index contributed by atoms with van der Waals surface area (Å²) in [5.74, 6) is 0.901. The van der Waals surface area contributed by atoms with Crippen LogP contribution < -0.4 is 5.73 Å². The van der Waals surface area contributed by atoms with E-state index in [1.54, 1.807) is 0 Å². The van der Waals surface area contributed by atoms with E-state index < -0.39 is 0 Å². The van der Waals surface area contributed by atoms with Crippen LogP contribution in [-0.4, -0.2) is 5.78 Å². The van der Waals surface area contributed by atoms with Gasteiger partial charge in [0.2, 0.25) is 0 Å². The number of ketones is 1. The van der Waals surface area contributed by atoms with Crippen LogP contribution >= 0.6 is 31.9 Å². The minimum atomic E-state index is 0.167. The van der Waals surface area contributed by atoms with Gasteiger partial charge >= 0.3 is 0 Å². The summed E-state index contributed by atoms with van der Waals surface area (Å²) in [5, 5.41) is 0. The predicted molar refractivity (Wildman–Crippen MR) is 117 cm³/mol. The molecule has 2 aromatic carbocycles. The second-order valence-corrected chi connectivity index (χ2v) is 8.19. The molecule has 0 heterocycles. The first-order valence-corrected chi connectivity index (χ1v) is 9.86. The predicted octanol–water partition coefficient (Wildman–Crippen LogP) is 6.89. The van der Waals surface area contributed by atoms with Crippen LogP contribution in [0.1, 0.15) is 44.4 Å². The quantitative estimate of drug-likeness (QED) is 0.485. The van der Waals surface area contributed by atoms with Crippen molar-refractivity contribution in [2.75, 3.05) is 5.73 Å². The molecule has 2 N–H and O–H groups in total. The van der Waals surface area contributed by atoms with Crippen molar-refractivity contribution in [3.05, 3.63) is 62.0 Å². The standard InChI is InChI=1S/C11H15Br.C7H8BrN.C3H6O/c1-8(2)7-10-5-4-6-11(12)9(10)3;1-5-6(8)3-2-4-7(5)9;1-3(2)4/h4-6,8H,7H2,1-3H3;2-4H,9H2,1H3;1-2H3. The first-order valence-electron chi connectivity index (χ1n) is 8.28. The second-order valence-electron chi connectivity index (χ2n) is 6.48. The number of rotatable bonds is 2. The van der Waals surface area contributed by atoms with Crippen molar-refractivity contribution in [3.8, 4) is 0 Å². The van der Waals surface area contributed by atoms with E-state index in [0.29, 0.717) is 0 Å². The van der Waals surface area contributed by atoms with Gasteiger partial charge in [-0.15, -0.1) is 0 Å². The van der Waals surface area contributed by atoms with Gasteiger partial charge in [-0.2, -0.15) is 0 Å². The maximum Gasteiger partial charge on any atom is 0.126 e. The third-order valence-electron chi connectivity index (χ3n) is 3.32. The molecule has 0 bridgehead atoms. The number of carbonyl (C=O) groups excluding carboxylic acids is 1. The molecule has 0 saturated carbocycles. The fourth-order valence-corrected chi connectivity index (χ4v) is 2.73. The van der Waals surface area contributed by atoms with Crippen LogP contribution in [0.25, 0.3) is 0 Å². The van der Waals surface area contributed by atoms with E-state index in [0.717, 1.165) is 21.6 Å². The van der Waals surface area contributed by atoms with E-state index >= 15 is 0 Å².